The normalized spacial score (nSPS) is 11.2. The Morgan fingerprint density at radius 3 is 2.85 bits per heavy atom. The minimum atomic E-state index is -0.965. The molecule has 1 atom stereocenters. The molecule has 0 fully saturated rings. The van der Waals surface area contributed by atoms with Gasteiger partial charge in [0.25, 0.3) is 0 Å². The summed E-state index contributed by atoms with van der Waals surface area (Å²) in [4.78, 5) is 14.7. The van der Waals surface area contributed by atoms with Gasteiger partial charge in [-0.1, -0.05) is 12.0 Å². The lowest BCUT2D eigenvalue weighted by Gasteiger charge is -2.02. The lowest BCUT2D eigenvalue weighted by Crippen LogP contribution is -2.10. The number of carbonyl (C=O) groups is 1. The predicted octanol–water partition coefficient (Wildman–Crippen LogP) is 1.27. The van der Waals surface area contributed by atoms with Crippen LogP contribution in [-0.4, -0.2) is 16.1 Å². The summed E-state index contributed by atoms with van der Waals surface area (Å²) >= 11 is 0. The van der Waals surface area contributed by atoms with E-state index in [2.05, 4.69) is 16.8 Å². The van der Waals surface area contributed by atoms with Crippen LogP contribution in [0.4, 0.5) is 0 Å². The molecule has 0 aliphatic carbocycles. The van der Waals surface area contributed by atoms with Gasteiger partial charge in [-0.3, -0.25) is 9.78 Å². The molecule has 0 saturated carbocycles. The van der Waals surface area contributed by atoms with Gasteiger partial charge in [0.2, 0.25) is 0 Å². The van der Waals surface area contributed by atoms with Crippen LogP contribution in [-0.2, 0) is 4.79 Å². The number of carboxylic acid groups (broad SMARTS) is 1. The minimum absolute atomic E-state index is 0.476. The van der Waals surface area contributed by atoms with Crippen LogP contribution in [0.1, 0.15) is 18.5 Å². The molecule has 1 aromatic heterocycles. The Morgan fingerprint density at radius 2 is 2.38 bits per heavy atom. The summed E-state index contributed by atoms with van der Waals surface area (Å²) in [5.74, 6) is 3.38. The van der Waals surface area contributed by atoms with Crippen LogP contribution in [0.5, 0.6) is 0 Å². The smallest absolute Gasteiger partial charge is 0.324 e. The monoisotopic (exact) mass is 175 g/mol. The van der Waals surface area contributed by atoms with Gasteiger partial charge in [0, 0.05) is 6.20 Å². The van der Waals surface area contributed by atoms with Crippen molar-refractivity contribution in [3.05, 3.63) is 30.1 Å². The Balaban J connectivity index is 3.00. The molecule has 0 saturated heterocycles. The quantitative estimate of drug-likeness (QED) is 0.688. The molecule has 0 radical (unpaired) electrons. The summed E-state index contributed by atoms with van der Waals surface area (Å²) in [6.07, 6.45) is 1.56. The van der Waals surface area contributed by atoms with Crippen molar-refractivity contribution in [2.45, 2.75) is 12.8 Å². The van der Waals surface area contributed by atoms with Crippen molar-refractivity contribution in [1.29, 1.82) is 0 Å². The van der Waals surface area contributed by atoms with Gasteiger partial charge in [0.1, 0.15) is 0 Å². The Kier molecular flexibility index (Phi) is 3.04. The van der Waals surface area contributed by atoms with Crippen molar-refractivity contribution in [2.75, 3.05) is 0 Å². The number of hydrogen-bond acceptors (Lipinski definition) is 2. The zero-order chi connectivity index (χ0) is 9.68. The number of pyridine rings is 1. The van der Waals surface area contributed by atoms with Crippen LogP contribution in [0.15, 0.2) is 24.4 Å². The molecule has 1 N–H and O–H groups in total. The highest BCUT2D eigenvalue weighted by molar-refractivity contribution is 5.79. The largest absolute Gasteiger partial charge is 0.480 e. The molecule has 1 aromatic rings. The third kappa shape index (κ3) is 2.31. The number of hydrogen-bond donors (Lipinski definition) is 1. The first-order chi connectivity index (χ1) is 6.25. The first kappa shape index (κ1) is 9.27. The van der Waals surface area contributed by atoms with E-state index in [9.17, 15) is 4.79 Å². The molecule has 3 heteroatoms. The van der Waals surface area contributed by atoms with Crippen molar-refractivity contribution in [3.8, 4) is 11.8 Å². The van der Waals surface area contributed by atoms with Gasteiger partial charge in [-0.05, 0) is 19.1 Å². The molecule has 0 aromatic carbocycles. The first-order valence-corrected chi connectivity index (χ1v) is 3.81. The highest BCUT2D eigenvalue weighted by atomic mass is 16.4. The molecule has 0 bridgehead atoms. The molecule has 66 valence electrons. The van der Waals surface area contributed by atoms with Crippen molar-refractivity contribution >= 4 is 5.97 Å². The third-order valence-electron chi connectivity index (χ3n) is 1.52. The van der Waals surface area contributed by atoms with E-state index in [1.54, 1.807) is 31.3 Å². The summed E-state index contributed by atoms with van der Waals surface area (Å²) in [7, 11) is 0. The van der Waals surface area contributed by atoms with Crippen molar-refractivity contribution in [2.24, 2.45) is 0 Å². The van der Waals surface area contributed by atoms with Crippen LogP contribution < -0.4 is 0 Å². The van der Waals surface area contributed by atoms with Crippen molar-refractivity contribution in [3.63, 3.8) is 0 Å². The first-order valence-electron chi connectivity index (χ1n) is 3.81. The molecule has 3 nitrogen and oxygen atoms in total. The molecule has 1 rings (SSSR count). The van der Waals surface area contributed by atoms with E-state index in [0.29, 0.717) is 5.69 Å². The van der Waals surface area contributed by atoms with Crippen LogP contribution in [0.2, 0.25) is 0 Å². The standard InChI is InChI=1S/C10H9NO2/c1-2-5-8(10(12)13)9-6-3-4-7-11-9/h3-4,6-8H,1H3,(H,12,13). The lowest BCUT2D eigenvalue weighted by atomic mass is 10.1. The van der Waals surface area contributed by atoms with E-state index in [-0.39, 0.29) is 0 Å². The Labute approximate surface area is 76.4 Å². The SMILES string of the molecule is CC#CC(C(=O)O)c1ccccn1. The molecule has 0 aliphatic heterocycles. The third-order valence-corrected chi connectivity index (χ3v) is 1.52. The Morgan fingerprint density at radius 1 is 1.62 bits per heavy atom. The molecular formula is C10H9NO2. The number of aromatic nitrogens is 1. The number of nitrogens with zero attached hydrogens (tertiary/aromatic N) is 1. The topological polar surface area (TPSA) is 50.2 Å². The average Bonchev–Trinajstić information content (AvgIpc) is 2.15. The van der Waals surface area contributed by atoms with E-state index in [4.69, 9.17) is 5.11 Å². The highest BCUT2D eigenvalue weighted by Crippen LogP contribution is 2.11. The van der Waals surface area contributed by atoms with Gasteiger partial charge in [-0.25, -0.2) is 0 Å². The van der Waals surface area contributed by atoms with Gasteiger partial charge in [0.15, 0.2) is 5.92 Å². The van der Waals surface area contributed by atoms with E-state index in [1.807, 2.05) is 0 Å². The predicted molar refractivity (Wildman–Crippen MR) is 48.1 cm³/mol. The Bertz CT molecular complexity index is 348. The highest BCUT2D eigenvalue weighted by Gasteiger charge is 2.17. The number of aliphatic carboxylic acids is 1. The molecule has 1 heterocycles. The summed E-state index contributed by atoms with van der Waals surface area (Å²) in [6.45, 7) is 1.61. The molecule has 13 heavy (non-hydrogen) atoms. The number of carboxylic acids is 1. The van der Waals surface area contributed by atoms with Crippen molar-refractivity contribution < 1.29 is 9.90 Å². The summed E-state index contributed by atoms with van der Waals surface area (Å²) in [5, 5.41) is 8.82. The minimum Gasteiger partial charge on any atom is -0.480 e. The van der Waals surface area contributed by atoms with Gasteiger partial charge in [-0.15, -0.1) is 5.92 Å². The molecule has 0 spiro atoms. The fraction of sp³-hybridized carbons (Fsp3) is 0.200. The van der Waals surface area contributed by atoms with Crippen molar-refractivity contribution in [1.82, 2.24) is 4.98 Å². The van der Waals surface area contributed by atoms with E-state index in [1.165, 1.54) is 0 Å². The molecule has 1 unspecified atom stereocenters. The summed E-state index contributed by atoms with van der Waals surface area (Å²) in [5.41, 5.74) is 0.476. The van der Waals surface area contributed by atoms with Gasteiger partial charge >= 0.3 is 5.97 Å². The zero-order valence-corrected chi connectivity index (χ0v) is 7.19. The lowest BCUT2D eigenvalue weighted by molar-refractivity contribution is -0.137. The fourth-order valence-electron chi connectivity index (χ4n) is 0.953. The molecular weight excluding hydrogens is 166 g/mol. The second kappa shape index (κ2) is 4.27. The van der Waals surface area contributed by atoms with E-state index >= 15 is 0 Å². The molecule has 0 aliphatic rings. The zero-order valence-electron chi connectivity index (χ0n) is 7.19. The summed E-state index contributed by atoms with van der Waals surface area (Å²) < 4.78 is 0. The maximum Gasteiger partial charge on any atom is 0.324 e. The van der Waals surface area contributed by atoms with Crippen LogP contribution in [0.25, 0.3) is 0 Å². The van der Waals surface area contributed by atoms with Gasteiger partial charge in [0.05, 0.1) is 5.69 Å². The van der Waals surface area contributed by atoms with E-state index < -0.39 is 11.9 Å². The van der Waals surface area contributed by atoms with E-state index in [0.717, 1.165) is 0 Å². The second-order valence-electron chi connectivity index (χ2n) is 2.42. The fourth-order valence-corrected chi connectivity index (χ4v) is 0.953. The van der Waals surface area contributed by atoms with Crippen LogP contribution in [0, 0.1) is 11.8 Å². The van der Waals surface area contributed by atoms with Gasteiger partial charge < -0.3 is 5.11 Å². The maximum absolute atomic E-state index is 10.7. The second-order valence-corrected chi connectivity index (χ2v) is 2.42. The Hall–Kier alpha value is -1.82. The molecule has 0 amide bonds. The summed E-state index contributed by atoms with van der Waals surface area (Å²) in [6, 6.07) is 5.14. The van der Waals surface area contributed by atoms with Crippen LogP contribution >= 0.6 is 0 Å². The van der Waals surface area contributed by atoms with Crippen LogP contribution in [0.3, 0.4) is 0 Å². The average molecular weight is 175 g/mol. The maximum atomic E-state index is 10.7. The van der Waals surface area contributed by atoms with Gasteiger partial charge in [-0.2, -0.15) is 0 Å². The number of rotatable bonds is 2.